The highest BCUT2D eigenvalue weighted by Crippen LogP contribution is 2.29. The van der Waals surface area contributed by atoms with Gasteiger partial charge in [0.05, 0.1) is 0 Å². The zero-order valence-corrected chi connectivity index (χ0v) is 7.25. The monoisotopic (exact) mass is 213 g/mol. The van der Waals surface area contributed by atoms with E-state index in [1.807, 2.05) is 0 Å². The van der Waals surface area contributed by atoms with Crippen molar-refractivity contribution in [2.75, 3.05) is 0 Å². The number of alkyl halides is 3. The van der Waals surface area contributed by atoms with Crippen LogP contribution in [0.4, 0.5) is 13.2 Å². The Morgan fingerprint density at radius 2 is 1.87 bits per heavy atom. The van der Waals surface area contributed by atoms with Gasteiger partial charge in [-0.3, -0.25) is 0 Å². The summed E-state index contributed by atoms with van der Waals surface area (Å²) >= 11 is 0. The van der Waals surface area contributed by atoms with E-state index in [9.17, 15) is 13.2 Å². The van der Waals surface area contributed by atoms with Crippen LogP contribution in [0.3, 0.4) is 0 Å². The maximum atomic E-state index is 12.1. The average Bonchev–Trinajstić information content (AvgIpc) is 2.67. The Bertz CT molecular complexity index is 450. The number of nitrogens with zero attached hydrogens (tertiary/aromatic N) is 2. The summed E-state index contributed by atoms with van der Waals surface area (Å²) < 4.78 is 40.4. The third-order valence-corrected chi connectivity index (χ3v) is 1.64. The molecule has 0 aliphatic heterocycles. The van der Waals surface area contributed by atoms with E-state index in [4.69, 9.17) is 0 Å². The Morgan fingerprint density at radius 3 is 2.40 bits per heavy atom. The van der Waals surface area contributed by atoms with Gasteiger partial charge in [-0.05, 0) is 6.07 Å². The van der Waals surface area contributed by atoms with Crippen LogP contribution in [0.25, 0.3) is 11.4 Å². The van der Waals surface area contributed by atoms with Crippen molar-refractivity contribution in [2.24, 2.45) is 0 Å². The zero-order valence-electron chi connectivity index (χ0n) is 7.25. The van der Waals surface area contributed by atoms with Crippen LogP contribution in [0.5, 0.6) is 0 Å². The average molecular weight is 213 g/mol. The van der Waals surface area contributed by atoms with E-state index in [0.29, 0.717) is 5.56 Å². The summed E-state index contributed by atoms with van der Waals surface area (Å²) in [6.07, 6.45) is -4.61. The van der Waals surface area contributed by atoms with Crippen molar-refractivity contribution in [3.05, 3.63) is 36.2 Å². The van der Waals surface area contributed by atoms with Crippen LogP contribution in [-0.2, 0) is 6.18 Å². The second kappa shape index (κ2) is 3.38. The summed E-state index contributed by atoms with van der Waals surface area (Å²) in [5.74, 6) is -1.43. The molecule has 0 aliphatic rings. The van der Waals surface area contributed by atoms with Crippen LogP contribution < -0.4 is 0 Å². The third-order valence-electron chi connectivity index (χ3n) is 1.64. The lowest BCUT2D eigenvalue weighted by Crippen LogP contribution is -2.04. The number of rotatable bonds is 1. The van der Waals surface area contributed by atoms with Gasteiger partial charge in [0.2, 0.25) is 5.82 Å². The Kier molecular flexibility index (Phi) is 2.18. The summed E-state index contributed by atoms with van der Waals surface area (Å²) in [5, 5.41) is 3.23. The normalized spacial score (nSPS) is 11.7. The van der Waals surface area contributed by atoms with E-state index in [2.05, 4.69) is 20.7 Å². The van der Waals surface area contributed by atoms with Gasteiger partial charge in [-0.15, -0.1) is 0 Å². The highest BCUT2D eigenvalue weighted by atomic mass is 19.4. The molecule has 1 aromatic heterocycles. The van der Waals surface area contributed by atoms with Crippen molar-refractivity contribution in [2.45, 2.75) is 6.18 Å². The molecular weight excluding hydrogens is 209 g/mol. The molecule has 0 saturated carbocycles. The summed E-state index contributed by atoms with van der Waals surface area (Å²) in [6, 6.07) is 8.93. The fourth-order valence-corrected chi connectivity index (χ4v) is 0.992. The van der Waals surface area contributed by atoms with Gasteiger partial charge in [-0.1, -0.05) is 29.4 Å². The van der Waals surface area contributed by atoms with Crippen molar-refractivity contribution in [1.82, 2.24) is 10.1 Å². The molecule has 0 saturated heterocycles. The fraction of sp³-hybridized carbons (Fsp3) is 0.111. The molecule has 0 bridgehead atoms. The Labute approximate surface area is 82.5 Å². The Balaban J connectivity index is 2.37. The van der Waals surface area contributed by atoms with Crippen LogP contribution in [0.1, 0.15) is 5.89 Å². The molecule has 3 nitrogen and oxygen atoms in total. The first-order valence-electron chi connectivity index (χ1n) is 3.95. The van der Waals surface area contributed by atoms with E-state index >= 15 is 0 Å². The quantitative estimate of drug-likeness (QED) is 0.730. The molecule has 1 radical (unpaired) electrons. The van der Waals surface area contributed by atoms with E-state index in [1.54, 1.807) is 24.3 Å². The number of aromatic nitrogens is 2. The minimum absolute atomic E-state index is 0.0867. The molecule has 15 heavy (non-hydrogen) atoms. The maximum absolute atomic E-state index is 12.1. The molecule has 1 aromatic carbocycles. The summed E-state index contributed by atoms with van der Waals surface area (Å²) in [7, 11) is 0. The molecule has 1 heterocycles. The van der Waals surface area contributed by atoms with E-state index < -0.39 is 12.1 Å². The van der Waals surface area contributed by atoms with E-state index in [1.165, 1.54) is 0 Å². The fourth-order valence-electron chi connectivity index (χ4n) is 0.992. The molecule has 0 unspecified atom stereocenters. The van der Waals surface area contributed by atoms with Crippen LogP contribution in [0.2, 0.25) is 0 Å². The van der Waals surface area contributed by atoms with Crippen LogP contribution in [0.15, 0.2) is 28.8 Å². The molecule has 2 rings (SSSR count). The smallest absolute Gasteiger partial charge is 0.329 e. The minimum Gasteiger partial charge on any atom is -0.329 e. The summed E-state index contributed by atoms with van der Waals surface area (Å²) in [6.45, 7) is 0. The van der Waals surface area contributed by atoms with E-state index in [-0.39, 0.29) is 5.82 Å². The van der Waals surface area contributed by atoms with Gasteiger partial charge in [-0.25, -0.2) is 0 Å². The Morgan fingerprint density at radius 1 is 1.20 bits per heavy atom. The standard InChI is InChI=1S/C9H4F3N2O/c10-9(11,12)8-13-7(14-15-8)6-4-2-1-3-5-6/h2-5H. The minimum atomic E-state index is -4.61. The van der Waals surface area contributed by atoms with Crippen molar-refractivity contribution in [3.8, 4) is 11.4 Å². The highest BCUT2D eigenvalue weighted by molar-refractivity contribution is 5.53. The second-order valence-electron chi connectivity index (χ2n) is 2.71. The Hall–Kier alpha value is -1.85. The van der Waals surface area contributed by atoms with Gasteiger partial charge in [0.1, 0.15) is 0 Å². The van der Waals surface area contributed by atoms with Gasteiger partial charge in [0.15, 0.2) is 0 Å². The van der Waals surface area contributed by atoms with Crippen LogP contribution in [0, 0.1) is 6.07 Å². The zero-order chi connectivity index (χ0) is 10.9. The number of hydrogen-bond acceptors (Lipinski definition) is 3. The number of benzene rings is 1. The number of hydrogen-bond donors (Lipinski definition) is 0. The molecule has 0 N–H and O–H groups in total. The first-order valence-corrected chi connectivity index (χ1v) is 3.95. The lowest BCUT2D eigenvalue weighted by atomic mass is 10.2. The van der Waals surface area contributed by atoms with Gasteiger partial charge in [0, 0.05) is 5.56 Å². The molecule has 0 atom stereocenters. The first kappa shape index (κ1) is 9.70. The van der Waals surface area contributed by atoms with E-state index in [0.717, 1.165) is 0 Å². The van der Waals surface area contributed by atoms with Crippen molar-refractivity contribution >= 4 is 0 Å². The highest BCUT2D eigenvalue weighted by Gasteiger charge is 2.38. The summed E-state index contributed by atoms with van der Waals surface area (Å²) in [5.41, 5.74) is 0.452. The molecule has 77 valence electrons. The molecule has 0 aliphatic carbocycles. The van der Waals surface area contributed by atoms with Crippen LogP contribution >= 0.6 is 0 Å². The van der Waals surface area contributed by atoms with Crippen molar-refractivity contribution in [1.29, 1.82) is 0 Å². The molecule has 0 spiro atoms. The third kappa shape index (κ3) is 1.98. The molecule has 0 fully saturated rings. The summed E-state index contributed by atoms with van der Waals surface area (Å²) in [4.78, 5) is 3.24. The van der Waals surface area contributed by atoms with Crippen molar-refractivity contribution < 1.29 is 17.7 Å². The predicted molar refractivity (Wildman–Crippen MR) is 43.6 cm³/mol. The van der Waals surface area contributed by atoms with Gasteiger partial charge >= 0.3 is 12.1 Å². The lowest BCUT2D eigenvalue weighted by Gasteiger charge is -1.96. The number of halogens is 3. The SMILES string of the molecule is FC(F)(F)c1nc(-c2cc[c]cc2)no1. The first-order chi connectivity index (χ1) is 7.07. The van der Waals surface area contributed by atoms with Gasteiger partial charge < -0.3 is 4.52 Å². The molecule has 0 amide bonds. The topological polar surface area (TPSA) is 38.9 Å². The van der Waals surface area contributed by atoms with Crippen LogP contribution in [-0.4, -0.2) is 10.1 Å². The maximum Gasteiger partial charge on any atom is 0.471 e. The largest absolute Gasteiger partial charge is 0.471 e. The second-order valence-corrected chi connectivity index (χ2v) is 2.71. The van der Waals surface area contributed by atoms with Gasteiger partial charge in [-0.2, -0.15) is 18.2 Å². The molecule has 2 aromatic rings. The molecular formula is C9H4F3N2O. The molecule has 6 heteroatoms. The van der Waals surface area contributed by atoms with Gasteiger partial charge in [0.25, 0.3) is 0 Å². The lowest BCUT2D eigenvalue weighted by molar-refractivity contribution is -0.159. The van der Waals surface area contributed by atoms with Crippen molar-refractivity contribution in [3.63, 3.8) is 0 Å². The predicted octanol–water partition coefficient (Wildman–Crippen LogP) is 2.56.